The van der Waals surface area contributed by atoms with Gasteiger partial charge in [-0.05, 0) is 54.9 Å². The third-order valence-electron chi connectivity index (χ3n) is 8.63. The summed E-state index contributed by atoms with van der Waals surface area (Å²) in [6, 6.07) is 22.7. The molecule has 272 valence electrons. The van der Waals surface area contributed by atoms with Crippen molar-refractivity contribution in [2.24, 2.45) is 5.92 Å². The molecule has 0 unspecified atom stereocenters. The SMILES string of the molecule is CC(C)C[C@@H]1NC(=O)[C@H](Cc2ccccc2)NC(=O)CC[C@@H](C(=O)NCc2ccccc2)NC(=O)c2ccccc2OCCCCCCNC1=O. The summed E-state index contributed by atoms with van der Waals surface area (Å²) >= 11 is 0. The first kappa shape index (κ1) is 38.6. The number of ether oxygens (including phenoxy) is 1. The Kier molecular flexibility index (Phi) is 15.5. The van der Waals surface area contributed by atoms with Gasteiger partial charge in [0.05, 0.1) is 12.2 Å². The summed E-state index contributed by atoms with van der Waals surface area (Å²) in [4.78, 5) is 67.6. The van der Waals surface area contributed by atoms with E-state index in [1.54, 1.807) is 24.3 Å². The number of benzene rings is 3. The van der Waals surface area contributed by atoms with Crippen LogP contribution in [0.2, 0.25) is 0 Å². The summed E-state index contributed by atoms with van der Waals surface area (Å²) in [7, 11) is 0. The first-order valence-electron chi connectivity index (χ1n) is 17.9. The normalized spacial score (nSPS) is 20.2. The predicted molar refractivity (Wildman–Crippen MR) is 196 cm³/mol. The zero-order valence-corrected chi connectivity index (χ0v) is 29.6. The first-order valence-corrected chi connectivity index (χ1v) is 17.9. The standard InChI is InChI=1S/C40H51N5O6/c1-28(2)25-33-39(49)41-23-13-3-4-14-24-51-35-20-12-11-19-31(35)37(47)44-32(38(48)42-27-30-17-9-6-10-18-30)21-22-36(46)43-34(40(50)45-33)26-29-15-7-5-8-16-29/h5-12,15-20,28,32-34H,3-4,13-14,21-27H2,1-2H3,(H,41,49)(H,42,48)(H,43,46)(H,44,47)(H,45,50)/t32-,33-,34-/m0/s1. The van der Waals surface area contributed by atoms with Crippen molar-refractivity contribution in [3.05, 3.63) is 102 Å². The second-order valence-corrected chi connectivity index (χ2v) is 13.3. The smallest absolute Gasteiger partial charge is 0.255 e. The molecular weight excluding hydrogens is 646 g/mol. The lowest BCUT2D eigenvalue weighted by Crippen LogP contribution is -2.55. The van der Waals surface area contributed by atoms with Crippen LogP contribution in [0.4, 0.5) is 0 Å². The van der Waals surface area contributed by atoms with Gasteiger partial charge in [0.25, 0.3) is 5.91 Å². The molecule has 0 fully saturated rings. The van der Waals surface area contributed by atoms with Crippen molar-refractivity contribution in [2.45, 2.75) is 89.9 Å². The lowest BCUT2D eigenvalue weighted by Gasteiger charge is -2.25. The van der Waals surface area contributed by atoms with Crippen molar-refractivity contribution in [1.82, 2.24) is 26.6 Å². The fraction of sp³-hybridized carbons (Fsp3) is 0.425. The van der Waals surface area contributed by atoms with Crippen LogP contribution in [0.1, 0.15) is 80.3 Å². The lowest BCUT2D eigenvalue weighted by molar-refractivity contribution is -0.132. The molecule has 11 nitrogen and oxygen atoms in total. The van der Waals surface area contributed by atoms with Gasteiger partial charge in [-0.15, -0.1) is 0 Å². The minimum Gasteiger partial charge on any atom is -0.493 e. The Morgan fingerprint density at radius 3 is 2.16 bits per heavy atom. The maximum atomic E-state index is 13.8. The topological polar surface area (TPSA) is 155 Å². The molecular formula is C40H51N5O6. The number of rotatable bonds is 7. The number of fused-ring (bicyclic) bond motifs is 1. The number of carbonyl (C=O) groups is 5. The Labute approximate surface area is 300 Å². The minimum absolute atomic E-state index is 0.0285. The van der Waals surface area contributed by atoms with Crippen LogP contribution in [0, 0.1) is 5.92 Å². The predicted octanol–water partition coefficient (Wildman–Crippen LogP) is 4.21. The highest BCUT2D eigenvalue weighted by atomic mass is 16.5. The molecule has 0 aliphatic carbocycles. The maximum absolute atomic E-state index is 13.8. The Morgan fingerprint density at radius 1 is 0.765 bits per heavy atom. The molecule has 1 aliphatic heterocycles. The average Bonchev–Trinajstić information content (AvgIpc) is 3.13. The van der Waals surface area contributed by atoms with Gasteiger partial charge in [0.2, 0.25) is 23.6 Å². The molecule has 4 rings (SSSR count). The van der Waals surface area contributed by atoms with Crippen LogP contribution in [0.15, 0.2) is 84.9 Å². The van der Waals surface area contributed by atoms with E-state index in [4.69, 9.17) is 4.74 Å². The molecule has 11 heteroatoms. The summed E-state index contributed by atoms with van der Waals surface area (Å²) in [5, 5.41) is 14.4. The van der Waals surface area contributed by atoms with Gasteiger partial charge in [-0.3, -0.25) is 24.0 Å². The van der Waals surface area contributed by atoms with Crippen LogP contribution in [-0.2, 0) is 32.1 Å². The Morgan fingerprint density at radius 2 is 1.43 bits per heavy atom. The van der Waals surface area contributed by atoms with Gasteiger partial charge in [0, 0.05) is 25.9 Å². The largest absolute Gasteiger partial charge is 0.493 e. The molecule has 3 aromatic rings. The molecule has 0 radical (unpaired) electrons. The summed E-state index contributed by atoms with van der Waals surface area (Å²) in [5.41, 5.74) is 1.99. The number of hydrogen-bond acceptors (Lipinski definition) is 6. The van der Waals surface area contributed by atoms with E-state index < -0.39 is 41.8 Å². The minimum atomic E-state index is -1.06. The van der Waals surface area contributed by atoms with Crippen LogP contribution in [-0.4, -0.2) is 60.8 Å². The molecule has 0 saturated carbocycles. The summed E-state index contributed by atoms with van der Waals surface area (Å²) < 4.78 is 5.99. The van der Waals surface area contributed by atoms with Gasteiger partial charge in [0.1, 0.15) is 23.9 Å². The molecule has 51 heavy (non-hydrogen) atoms. The van der Waals surface area contributed by atoms with Crippen LogP contribution in [0.3, 0.4) is 0 Å². The van der Waals surface area contributed by atoms with Gasteiger partial charge < -0.3 is 31.3 Å². The number of para-hydroxylation sites is 1. The van der Waals surface area contributed by atoms with Crippen LogP contribution in [0.25, 0.3) is 0 Å². The summed E-state index contributed by atoms with van der Waals surface area (Å²) in [5.74, 6) is -1.63. The molecule has 5 N–H and O–H groups in total. The maximum Gasteiger partial charge on any atom is 0.255 e. The fourth-order valence-electron chi connectivity index (χ4n) is 5.87. The molecule has 0 spiro atoms. The van der Waals surface area contributed by atoms with Crippen LogP contribution in [0.5, 0.6) is 5.75 Å². The van der Waals surface area contributed by atoms with Gasteiger partial charge in [-0.2, -0.15) is 0 Å². The highest BCUT2D eigenvalue weighted by Crippen LogP contribution is 2.19. The molecule has 0 saturated heterocycles. The molecule has 3 aromatic carbocycles. The van der Waals surface area contributed by atoms with E-state index in [1.807, 2.05) is 74.5 Å². The van der Waals surface area contributed by atoms with E-state index in [0.29, 0.717) is 25.3 Å². The average molecular weight is 698 g/mol. The van der Waals surface area contributed by atoms with Crippen LogP contribution < -0.4 is 31.3 Å². The number of nitrogens with one attached hydrogen (secondary N) is 5. The molecule has 0 bridgehead atoms. The molecule has 0 aromatic heterocycles. The van der Waals surface area contributed by atoms with Crippen molar-refractivity contribution in [1.29, 1.82) is 0 Å². The van der Waals surface area contributed by atoms with Gasteiger partial charge in [0.15, 0.2) is 0 Å². The van der Waals surface area contributed by atoms with Gasteiger partial charge in [-0.25, -0.2) is 0 Å². The molecule has 3 atom stereocenters. The van der Waals surface area contributed by atoms with Crippen molar-refractivity contribution in [2.75, 3.05) is 13.2 Å². The molecule has 1 heterocycles. The van der Waals surface area contributed by atoms with Gasteiger partial charge >= 0.3 is 0 Å². The number of hydrogen-bond donors (Lipinski definition) is 5. The second kappa shape index (κ2) is 20.5. The number of amides is 5. The van der Waals surface area contributed by atoms with Crippen molar-refractivity contribution in [3.8, 4) is 5.75 Å². The quantitative estimate of drug-likeness (QED) is 0.249. The summed E-state index contributed by atoms with van der Waals surface area (Å²) in [6.07, 6.45) is 3.67. The van der Waals surface area contributed by atoms with Crippen LogP contribution >= 0.6 is 0 Å². The lowest BCUT2D eigenvalue weighted by atomic mass is 10.0. The zero-order chi connectivity index (χ0) is 36.4. The van der Waals surface area contributed by atoms with E-state index in [-0.39, 0.29) is 43.2 Å². The second-order valence-electron chi connectivity index (χ2n) is 13.3. The van der Waals surface area contributed by atoms with E-state index in [2.05, 4.69) is 26.6 Å². The Balaban J connectivity index is 1.57. The van der Waals surface area contributed by atoms with Crippen molar-refractivity contribution < 1.29 is 28.7 Å². The summed E-state index contributed by atoms with van der Waals surface area (Å²) in [6.45, 7) is 5.07. The van der Waals surface area contributed by atoms with Crippen molar-refractivity contribution in [3.63, 3.8) is 0 Å². The zero-order valence-electron chi connectivity index (χ0n) is 29.6. The highest BCUT2D eigenvalue weighted by Gasteiger charge is 2.29. The first-order chi connectivity index (χ1) is 24.7. The third kappa shape index (κ3) is 13.2. The van der Waals surface area contributed by atoms with E-state index in [9.17, 15) is 24.0 Å². The van der Waals surface area contributed by atoms with Gasteiger partial charge in [-0.1, -0.05) is 99.5 Å². The molecule has 1 aliphatic rings. The van der Waals surface area contributed by atoms with Crippen molar-refractivity contribution >= 4 is 29.5 Å². The Bertz CT molecular complexity index is 1580. The van der Waals surface area contributed by atoms with E-state index in [1.165, 1.54) is 0 Å². The monoisotopic (exact) mass is 697 g/mol. The molecule has 5 amide bonds. The number of carbonyl (C=O) groups excluding carboxylic acids is 5. The third-order valence-corrected chi connectivity index (χ3v) is 8.63. The van der Waals surface area contributed by atoms with E-state index in [0.717, 1.165) is 36.8 Å². The fourth-order valence-corrected chi connectivity index (χ4v) is 5.87. The Hall–Kier alpha value is -5.19. The van der Waals surface area contributed by atoms with E-state index >= 15 is 0 Å². The highest BCUT2D eigenvalue weighted by molar-refractivity contribution is 6.00.